The first-order chi connectivity index (χ1) is 6.73. The van der Waals surface area contributed by atoms with Crippen molar-refractivity contribution < 1.29 is 9.90 Å². The Bertz CT molecular complexity index is 312. The first-order valence-corrected chi connectivity index (χ1v) is 5.92. The number of aliphatic carboxylic acids is 1. The summed E-state index contributed by atoms with van der Waals surface area (Å²) in [6, 6.07) is 2.08. The highest BCUT2D eigenvalue weighted by molar-refractivity contribution is 7.07. The lowest BCUT2D eigenvalue weighted by Crippen LogP contribution is -2.38. The third-order valence-electron chi connectivity index (χ3n) is 3.24. The van der Waals surface area contributed by atoms with E-state index in [4.69, 9.17) is 5.11 Å². The molecular weight excluding hydrogens is 196 g/mol. The first-order valence-electron chi connectivity index (χ1n) is 4.97. The van der Waals surface area contributed by atoms with Gasteiger partial charge in [0.2, 0.25) is 0 Å². The Labute approximate surface area is 87.6 Å². The number of carboxylic acid groups (broad SMARTS) is 1. The number of aryl methyl sites for hydroxylation is 1. The van der Waals surface area contributed by atoms with Crippen LogP contribution in [0.25, 0.3) is 0 Å². The number of carboxylic acids is 1. The lowest BCUT2D eigenvalue weighted by atomic mass is 9.66. The summed E-state index contributed by atoms with van der Waals surface area (Å²) in [4.78, 5) is 11.1. The molecule has 3 heteroatoms. The number of carbonyl (C=O) groups is 1. The van der Waals surface area contributed by atoms with E-state index in [1.54, 1.807) is 11.3 Å². The van der Waals surface area contributed by atoms with E-state index in [1.807, 2.05) is 5.38 Å². The topological polar surface area (TPSA) is 37.3 Å². The lowest BCUT2D eigenvalue weighted by Gasteiger charge is -2.37. The van der Waals surface area contributed by atoms with E-state index < -0.39 is 5.97 Å². The third kappa shape index (κ3) is 1.69. The SMILES string of the molecule is O=C(O)C1(CCc2ccsc2)CCC1. The second-order valence-electron chi connectivity index (χ2n) is 4.07. The minimum atomic E-state index is -0.598. The zero-order valence-corrected chi connectivity index (χ0v) is 8.85. The minimum Gasteiger partial charge on any atom is -0.481 e. The smallest absolute Gasteiger partial charge is 0.309 e. The largest absolute Gasteiger partial charge is 0.481 e. The molecule has 2 rings (SSSR count). The second kappa shape index (κ2) is 3.73. The number of hydrogen-bond acceptors (Lipinski definition) is 2. The standard InChI is InChI=1S/C11H14O2S/c12-10(13)11(4-1-5-11)6-2-9-3-7-14-8-9/h3,7-8H,1-2,4-6H2,(H,12,13). The highest BCUT2D eigenvalue weighted by atomic mass is 32.1. The van der Waals surface area contributed by atoms with Gasteiger partial charge in [-0.1, -0.05) is 6.42 Å². The van der Waals surface area contributed by atoms with Gasteiger partial charge in [-0.25, -0.2) is 0 Å². The van der Waals surface area contributed by atoms with E-state index in [9.17, 15) is 4.79 Å². The van der Waals surface area contributed by atoms with E-state index >= 15 is 0 Å². The maximum absolute atomic E-state index is 11.1. The van der Waals surface area contributed by atoms with Crippen molar-refractivity contribution in [1.29, 1.82) is 0 Å². The second-order valence-corrected chi connectivity index (χ2v) is 4.85. The molecule has 1 fully saturated rings. The molecule has 1 aliphatic carbocycles. The summed E-state index contributed by atoms with van der Waals surface area (Å²) in [5.41, 5.74) is 0.893. The molecule has 0 radical (unpaired) electrons. The van der Waals surface area contributed by atoms with Crippen molar-refractivity contribution in [3.8, 4) is 0 Å². The Balaban J connectivity index is 1.93. The molecule has 14 heavy (non-hydrogen) atoms. The fourth-order valence-electron chi connectivity index (χ4n) is 1.99. The van der Waals surface area contributed by atoms with E-state index in [1.165, 1.54) is 5.56 Å². The van der Waals surface area contributed by atoms with Crippen molar-refractivity contribution in [2.24, 2.45) is 5.41 Å². The molecule has 1 aromatic rings. The van der Waals surface area contributed by atoms with Crippen LogP contribution in [0.4, 0.5) is 0 Å². The van der Waals surface area contributed by atoms with Crippen LogP contribution < -0.4 is 0 Å². The fraction of sp³-hybridized carbons (Fsp3) is 0.545. The maximum Gasteiger partial charge on any atom is 0.309 e. The van der Waals surface area contributed by atoms with Gasteiger partial charge < -0.3 is 5.11 Å². The molecule has 0 bridgehead atoms. The fourth-order valence-corrected chi connectivity index (χ4v) is 2.70. The Hall–Kier alpha value is -0.830. The molecule has 0 atom stereocenters. The van der Waals surface area contributed by atoms with Crippen molar-refractivity contribution in [1.82, 2.24) is 0 Å². The molecule has 1 N–H and O–H groups in total. The number of hydrogen-bond donors (Lipinski definition) is 1. The summed E-state index contributed by atoms with van der Waals surface area (Å²) in [7, 11) is 0. The molecule has 0 spiro atoms. The van der Waals surface area contributed by atoms with Crippen LogP contribution in [0.2, 0.25) is 0 Å². The maximum atomic E-state index is 11.1. The van der Waals surface area contributed by atoms with Crippen LogP contribution in [0.1, 0.15) is 31.2 Å². The normalized spacial score (nSPS) is 18.9. The van der Waals surface area contributed by atoms with Crippen LogP contribution in [0.15, 0.2) is 16.8 Å². The molecule has 1 saturated carbocycles. The van der Waals surface area contributed by atoms with Crippen LogP contribution in [0, 0.1) is 5.41 Å². The van der Waals surface area contributed by atoms with Gasteiger partial charge in [-0.15, -0.1) is 0 Å². The molecule has 0 aliphatic heterocycles. The van der Waals surface area contributed by atoms with Gasteiger partial charge in [-0.3, -0.25) is 4.79 Å². The zero-order chi connectivity index (χ0) is 10.0. The quantitative estimate of drug-likeness (QED) is 0.829. The average molecular weight is 210 g/mol. The van der Waals surface area contributed by atoms with Gasteiger partial charge in [0.1, 0.15) is 0 Å². The summed E-state index contributed by atoms with van der Waals surface area (Å²) < 4.78 is 0. The molecule has 0 unspecified atom stereocenters. The summed E-state index contributed by atoms with van der Waals surface area (Å²) in [6.07, 6.45) is 4.53. The van der Waals surface area contributed by atoms with Crippen molar-refractivity contribution in [3.05, 3.63) is 22.4 Å². The van der Waals surface area contributed by atoms with E-state index in [0.29, 0.717) is 0 Å². The monoisotopic (exact) mass is 210 g/mol. The van der Waals surface area contributed by atoms with Gasteiger partial charge in [0.05, 0.1) is 5.41 Å². The van der Waals surface area contributed by atoms with E-state index in [2.05, 4.69) is 11.4 Å². The van der Waals surface area contributed by atoms with Gasteiger partial charge in [0, 0.05) is 0 Å². The van der Waals surface area contributed by atoms with Crippen molar-refractivity contribution in [2.45, 2.75) is 32.1 Å². The first kappa shape index (κ1) is 9.71. The molecule has 1 aromatic heterocycles. The third-order valence-corrected chi connectivity index (χ3v) is 3.97. The number of thiophene rings is 1. The highest BCUT2D eigenvalue weighted by Crippen LogP contribution is 2.44. The predicted molar refractivity (Wildman–Crippen MR) is 56.6 cm³/mol. The summed E-state index contributed by atoms with van der Waals surface area (Å²) in [5.74, 6) is -0.598. The molecule has 1 heterocycles. The Kier molecular flexibility index (Phi) is 2.59. The van der Waals surface area contributed by atoms with Gasteiger partial charge in [0.15, 0.2) is 0 Å². The molecule has 1 aliphatic rings. The van der Waals surface area contributed by atoms with Crippen molar-refractivity contribution >= 4 is 17.3 Å². The van der Waals surface area contributed by atoms with Gasteiger partial charge in [-0.05, 0) is 48.1 Å². The van der Waals surface area contributed by atoms with Crippen LogP contribution in [-0.2, 0) is 11.2 Å². The van der Waals surface area contributed by atoms with Crippen LogP contribution in [0.5, 0.6) is 0 Å². The van der Waals surface area contributed by atoms with Crippen molar-refractivity contribution in [3.63, 3.8) is 0 Å². The predicted octanol–water partition coefficient (Wildman–Crippen LogP) is 2.94. The van der Waals surface area contributed by atoms with Crippen LogP contribution >= 0.6 is 11.3 Å². The Morgan fingerprint density at radius 1 is 1.57 bits per heavy atom. The Morgan fingerprint density at radius 3 is 2.79 bits per heavy atom. The summed E-state index contributed by atoms with van der Waals surface area (Å²) in [6.45, 7) is 0. The van der Waals surface area contributed by atoms with E-state index in [-0.39, 0.29) is 5.41 Å². The van der Waals surface area contributed by atoms with E-state index in [0.717, 1.165) is 32.1 Å². The average Bonchev–Trinajstić information content (AvgIpc) is 2.53. The molecule has 2 nitrogen and oxygen atoms in total. The highest BCUT2D eigenvalue weighted by Gasteiger charge is 2.43. The minimum absolute atomic E-state index is 0.387. The van der Waals surface area contributed by atoms with Crippen LogP contribution in [0.3, 0.4) is 0 Å². The van der Waals surface area contributed by atoms with Crippen LogP contribution in [-0.4, -0.2) is 11.1 Å². The number of rotatable bonds is 4. The molecule has 0 amide bonds. The van der Waals surface area contributed by atoms with Gasteiger partial charge in [0.25, 0.3) is 0 Å². The zero-order valence-electron chi connectivity index (χ0n) is 8.03. The molecule has 76 valence electrons. The Morgan fingerprint density at radius 2 is 2.36 bits per heavy atom. The molecule has 0 saturated heterocycles. The molecular formula is C11H14O2S. The van der Waals surface area contributed by atoms with Gasteiger partial charge in [-0.2, -0.15) is 11.3 Å². The molecule has 0 aromatic carbocycles. The summed E-state index contributed by atoms with van der Waals surface area (Å²) in [5, 5.41) is 13.3. The lowest BCUT2D eigenvalue weighted by molar-refractivity contribution is -0.155. The van der Waals surface area contributed by atoms with Crippen molar-refractivity contribution in [2.75, 3.05) is 0 Å². The summed E-state index contributed by atoms with van der Waals surface area (Å²) >= 11 is 1.68. The van der Waals surface area contributed by atoms with Gasteiger partial charge >= 0.3 is 5.97 Å².